The minimum absolute atomic E-state index is 0.0936. The third kappa shape index (κ3) is 4.67. The van der Waals surface area contributed by atoms with Crippen molar-refractivity contribution in [2.24, 2.45) is 0 Å². The molecule has 1 aromatic heterocycles. The number of nitrogens with one attached hydrogen (secondary N) is 2. The standard InChI is InChI=1S/C19H16Cl2N4O4/c1-11-17(18(24-29-11)13-4-2-3-5-14(13)20)19(26)23-9-8-22-16-7-6-12(25(27)28)10-15(16)21/h2-7,10,22H,8-9H2,1H3,(H,23,26). The molecule has 3 aromatic rings. The van der Waals surface area contributed by atoms with Gasteiger partial charge in [0, 0.05) is 30.8 Å². The van der Waals surface area contributed by atoms with E-state index in [2.05, 4.69) is 15.8 Å². The second kappa shape index (κ2) is 8.93. The monoisotopic (exact) mass is 434 g/mol. The summed E-state index contributed by atoms with van der Waals surface area (Å²) in [6, 6.07) is 11.2. The van der Waals surface area contributed by atoms with Gasteiger partial charge in [0.15, 0.2) is 0 Å². The number of nitro groups is 1. The number of aryl methyl sites for hydroxylation is 1. The average molecular weight is 435 g/mol. The molecule has 29 heavy (non-hydrogen) atoms. The average Bonchev–Trinajstić information content (AvgIpc) is 3.07. The lowest BCUT2D eigenvalue weighted by atomic mass is 10.1. The number of amides is 1. The van der Waals surface area contributed by atoms with Crippen molar-refractivity contribution in [2.75, 3.05) is 18.4 Å². The van der Waals surface area contributed by atoms with Gasteiger partial charge in [0.1, 0.15) is 17.0 Å². The number of hydrogen-bond acceptors (Lipinski definition) is 6. The predicted octanol–water partition coefficient (Wildman–Crippen LogP) is 4.71. The van der Waals surface area contributed by atoms with Crippen molar-refractivity contribution >= 4 is 40.5 Å². The van der Waals surface area contributed by atoms with Gasteiger partial charge in [0.05, 0.1) is 20.7 Å². The van der Waals surface area contributed by atoms with Crippen LogP contribution in [0.2, 0.25) is 10.0 Å². The van der Waals surface area contributed by atoms with Crippen LogP contribution >= 0.6 is 23.2 Å². The fourth-order valence-corrected chi connectivity index (χ4v) is 3.17. The second-order valence-electron chi connectivity index (χ2n) is 6.05. The highest BCUT2D eigenvalue weighted by Gasteiger charge is 2.22. The molecule has 0 bridgehead atoms. The van der Waals surface area contributed by atoms with Crippen molar-refractivity contribution in [2.45, 2.75) is 6.92 Å². The molecule has 0 unspecified atom stereocenters. The minimum Gasteiger partial charge on any atom is -0.382 e. The van der Waals surface area contributed by atoms with E-state index in [9.17, 15) is 14.9 Å². The molecule has 0 atom stereocenters. The summed E-state index contributed by atoms with van der Waals surface area (Å²) in [6.07, 6.45) is 0. The normalized spacial score (nSPS) is 10.6. The van der Waals surface area contributed by atoms with Gasteiger partial charge in [-0.15, -0.1) is 0 Å². The van der Waals surface area contributed by atoms with Crippen molar-refractivity contribution in [3.8, 4) is 11.3 Å². The molecule has 0 fully saturated rings. The van der Waals surface area contributed by atoms with Crippen LogP contribution in [0.5, 0.6) is 0 Å². The van der Waals surface area contributed by atoms with Crippen molar-refractivity contribution in [1.29, 1.82) is 0 Å². The third-order valence-electron chi connectivity index (χ3n) is 4.11. The molecule has 0 radical (unpaired) electrons. The number of aromatic nitrogens is 1. The molecular weight excluding hydrogens is 419 g/mol. The van der Waals surface area contributed by atoms with E-state index in [0.717, 1.165) is 0 Å². The number of carbonyl (C=O) groups excluding carboxylic acids is 1. The molecular formula is C19H16Cl2N4O4. The maximum absolute atomic E-state index is 12.6. The van der Waals surface area contributed by atoms with Gasteiger partial charge in [-0.2, -0.15) is 0 Å². The number of nitro benzene ring substituents is 1. The summed E-state index contributed by atoms with van der Waals surface area (Å²) in [7, 11) is 0. The molecule has 2 N–H and O–H groups in total. The Morgan fingerprint density at radius 1 is 1.17 bits per heavy atom. The van der Waals surface area contributed by atoms with Crippen molar-refractivity contribution < 1.29 is 14.2 Å². The number of benzene rings is 2. The summed E-state index contributed by atoms with van der Waals surface area (Å²) in [5.74, 6) is 0.0269. The number of nitrogens with zero attached hydrogens (tertiary/aromatic N) is 2. The second-order valence-corrected chi connectivity index (χ2v) is 6.86. The first-order valence-electron chi connectivity index (χ1n) is 8.55. The Labute approximate surface area is 175 Å². The van der Waals surface area contributed by atoms with Crippen LogP contribution in [0.25, 0.3) is 11.3 Å². The lowest BCUT2D eigenvalue weighted by Gasteiger charge is -2.10. The fraction of sp³-hybridized carbons (Fsp3) is 0.158. The molecule has 0 spiro atoms. The van der Waals surface area contributed by atoms with E-state index >= 15 is 0 Å². The first-order chi connectivity index (χ1) is 13.9. The molecule has 0 saturated heterocycles. The number of non-ortho nitro benzene ring substituents is 1. The molecule has 150 valence electrons. The van der Waals surface area contributed by atoms with Crippen LogP contribution < -0.4 is 10.6 Å². The Bertz CT molecular complexity index is 1070. The highest BCUT2D eigenvalue weighted by Crippen LogP contribution is 2.31. The zero-order valence-electron chi connectivity index (χ0n) is 15.2. The topological polar surface area (TPSA) is 110 Å². The maximum atomic E-state index is 12.6. The van der Waals surface area contributed by atoms with E-state index in [1.165, 1.54) is 18.2 Å². The van der Waals surface area contributed by atoms with Gasteiger partial charge in [-0.3, -0.25) is 14.9 Å². The van der Waals surface area contributed by atoms with Crippen LogP contribution in [-0.2, 0) is 0 Å². The maximum Gasteiger partial charge on any atom is 0.271 e. The summed E-state index contributed by atoms with van der Waals surface area (Å²) in [5.41, 5.74) is 1.73. The van der Waals surface area contributed by atoms with E-state index < -0.39 is 4.92 Å². The Morgan fingerprint density at radius 3 is 2.62 bits per heavy atom. The Balaban J connectivity index is 1.63. The molecule has 0 aliphatic heterocycles. The van der Waals surface area contributed by atoms with Crippen LogP contribution in [0, 0.1) is 17.0 Å². The number of anilines is 1. The zero-order chi connectivity index (χ0) is 21.0. The summed E-state index contributed by atoms with van der Waals surface area (Å²) in [5, 5.41) is 21.2. The SMILES string of the molecule is Cc1onc(-c2ccccc2Cl)c1C(=O)NCCNc1ccc([N+](=O)[O-])cc1Cl. The minimum atomic E-state index is -0.520. The van der Waals surface area contributed by atoms with E-state index in [0.29, 0.717) is 39.8 Å². The molecule has 2 aromatic carbocycles. The highest BCUT2D eigenvalue weighted by molar-refractivity contribution is 6.33. The molecule has 3 rings (SSSR count). The molecule has 8 nitrogen and oxygen atoms in total. The first-order valence-corrected chi connectivity index (χ1v) is 9.31. The smallest absolute Gasteiger partial charge is 0.271 e. The predicted molar refractivity (Wildman–Crippen MR) is 111 cm³/mol. The molecule has 10 heteroatoms. The van der Waals surface area contributed by atoms with Crippen LogP contribution in [-0.4, -0.2) is 29.1 Å². The summed E-state index contributed by atoms with van der Waals surface area (Å²) < 4.78 is 5.19. The van der Waals surface area contributed by atoms with Crippen molar-refractivity contribution in [3.63, 3.8) is 0 Å². The van der Waals surface area contributed by atoms with Gasteiger partial charge in [-0.05, 0) is 19.1 Å². The zero-order valence-corrected chi connectivity index (χ0v) is 16.8. The van der Waals surface area contributed by atoms with Gasteiger partial charge < -0.3 is 15.2 Å². The van der Waals surface area contributed by atoms with Crippen LogP contribution in [0.4, 0.5) is 11.4 Å². The highest BCUT2D eigenvalue weighted by atomic mass is 35.5. The fourth-order valence-electron chi connectivity index (χ4n) is 2.70. The van der Waals surface area contributed by atoms with Crippen LogP contribution in [0.1, 0.15) is 16.1 Å². The third-order valence-corrected chi connectivity index (χ3v) is 4.75. The Hall–Kier alpha value is -3.10. The number of carbonyl (C=O) groups is 1. The van der Waals surface area contributed by atoms with E-state index in [1.807, 2.05) is 0 Å². The van der Waals surface area contributed by atoms with Crippen molar-refractivity contribution in [1.82, 2.24) is 10.5 Å². The summed E-state index contributed by atoms with van der Waals surface area (Å²) in [6.45, 7) is 2.28. The quantitative estimate of drug-likeness (QED) is 0.316. The number of rotatable bonds is 7. The van der Waals surface area contributed by atoms with Gasteiger partial charge in [-0.25, -0.2) is 0 Å². The lowest BCUT2D eigenvalue weighted by molar-refractivity contribution is -0.384. The van der Waals surface area contributed by atoms with Gasteiger partial charge in [0.2, 0.25) is 0 Å². The molecule has 1 amide bonds. The van der Waals surface area contributed by atoms with Crippen LogP contribution in [0.15, 0.2) is 47.0 Å². The molecule has 0 saturated carbocycles. The summed E-state index contributed by atoms with van der Waals surface area (Å²) >= 11 is 12.2. The van der Waals surface area contributed by atoms with E-state index in [1.54, 1.807) is 31.2 Å². The van der Waals surface area contributed by atoms with Gasteiger partial charge in [0.25, 0.3) is 11.6 Å². The Kier molecular flexibility index (Phi) is 6.36. The Morgan fingerprint density at radius 2 is 1.93 bits per heavy atom. The lowest BCUT2D eigenvalue weighted by Crippen LogP contribution is -2.29. The van der Waals surface area contributed by atoms with E-state index in [-0.39, 0.29) is 23.2 Å². The molecule has 1 heterocycles. The molecule has 0 aliphatic rings. The summed E-state index contributed by atoms with van der Waals surface area (Å²) in [4.78, 5) is 22.9. The first kappa shape index (κ1) is 20.6. The van der Waals surface area contributed by atoms with Gasteiger partial charge in [-0.1, -0.05) is 46.6 Å². The van der Waals surface area contributed by atoms with Crippen molar-refractivity contribution in [3.05, 3.63) is 73.9 Å². The number of halogens is 2. The van der Waals surface area contributed by atoms with E-state index in [4.69, 9.17) is 27.7 Å². The number of hydrogen-bond donors (Lipinski definition) is 2. The van der Waals surface area contributed by atoms with Gasteiger partial charge >= 0.3 is 0 Å². The van der Waals surface area contributed by atoms with Crippen LogP contribution in [0.3, 0.4) is 0 Å². The largest absolute Gasteiger partial charge is 0.382 e. The molecule has 0 aliphatic carbocycles.